The van der Waals surface area contributed by atoms with E-state index in [9.17, 15) is 0 Å². The molecule has 70 valence electrons. The molecule has 1 N–H and O–H groups in total. The van der Waals surface area contributed by atoms with Crippen LogP contribution in [0.1, 0.15) is 11.1 Å². The largest absolute Gasteiger partial charge is 0.361 e. The van der Waals surface area contributed by atoms with Crippen molar-refractivity contribution < 1.29 is 0 Å². The molecule has 3 heteroatoms. The number of hydrogen-bond donors (Lipinski definition) is 1. The van der Waals surface area contributed by atoms with E-state index in [1.54, 1.807) is 0 Å². The molecule has 2 aromatic rings. The lowest BCUT2D eigenvalue weighted by Crippen LogP contribution is -1.83. The molecule has 1 aromatic carbocycles. The Balaban J connectivity index is 2.59. The van der Waals surface area contributed by atoms with E-state index in [-0.39, 0.29) is 0 Å². The van der Waals surface area contributed by atoms with Gasteiger partial charge in [0, 0.05) is 22.4 Å². The maximum atomic E-state index is 8.79. The van der Waals surface area contributed by atoms with Crippen LogP contribution in [0.2, 0.25) is 0 Å². The number of nitrogens with zero attached hydrogens (tertiary/aromatic N) is 1. The highest BCUT2D eigenvalue weighted by Gasteiger charge is 2.03. The molecule has 0 aliphatic carbocycles. The highest BCUT2D eigenvalue weighted by Crippen LogP contribution is 2.20. The summed E-state index contributed by atoms with van der Waals surface area (Å²) in [6.45, 7) is 0. The van der Waals surface area contributed by atoms with E-state index in [1.807, 2.05) is 24.4 Å². The van der Waals surface area contributed by atoms with Crippen molar-refractivity contribution in [3.05, 3.63) is 35.5 Å². The highest BCUT2D eigenvalue weighted by atomic mass is 79.9. The average molecular weight is 249 g/mol. The third kappa shape index (κ3) is 1.53. The van der Waals surface area contributed by atoms with E-state index < -0.39 is 0 Å². The smallest absolute Gasteiger partial charge is 0.0991 e. The number of aromatic nitrogens is 1. The molecule has 0 aliphatic rings. The van der Waals surface area contributed by atoms with Gasteiger partial charge in [0.25, 0.3) is 0 Å². The van der Waals surface area contributed by atoms with Crippen molar-refractivity contribution in [2.24, 2.45) is 0 Å². The second-order valence-corrected chi connectivity index (χ2v) is 3.92. The van der Waals surface area contributed by atoms with Crippen LogP contribution in [-0.2, 0) is 6.42 Å². The van der Waals surface area contributed by atoms with Crippen LogP contribution in [0.4, 0.5) is 0 Å². The highest BCUT2D eigenvalue weighted by molar-refractivity contribution is 9.09. The minimum absolute atomic E-state index is 0.716. The van der Waals surface area contributed by atoms with Crippen LogP contribution < -0.4 is 0 Å². The Morgan fingerprint density at radius 2 is 2.29 bits per heavy atom. The maximum Gasteiger partial charge on any atom is 0.0991 e. The number of halogens is 1. The molecule has 0 atom stereocenters. The van der Waals surface area contributed by atoms with E-state index in [4.69, 9.17) is 5.26 Å². The zero-order valence-corrected chi connectivity index (χ0v) is 9.13. The molecule has 0 amide bonds. The molecule has 0 radical (unpaired) electrons. The molecule has 0 bridgehead atoms. The third-order valence-corrected chi connectivity index (χ3v) is 2.66. The summed E-state index contributed by atoms with van der Waals surface area (Å²) in [5, 5.41) is 10.9. The fourth-order valence-corrected chi connectivity index (χ4v) is 1.98. The lowest BCUT2D eigenvalue weighted by atomic mass is 10.1. The topological polar surface area (TPSA) is 39.6 Å². The Morgan fingerprint density at radius 1 is 1.43 bits per heavy atom. The predicted octanol–water partition coefficient (Wildman–Crippen LogP) is 2.98. The first-order valence-corrected chi connectivity index (χ1v) is 5.53. The van der Waals surface area contributed by atoms with Crippen LogP contribution in [0.15, 0.2) is 24.4 Å². The summed E-state index contributed by atoms with van der Waals surface area (Å²) < 4.78 is 0. The predicted molar refractivity (Wildman–Crippen MR) is 60.5 cm³/mol. The lowest BCUT2D eigenvalue weighted by Gasteiger charge is -1.95. The van der Waals surface area contributed by atoms with Crippen molar-refractivity contribution in [2.75, 3.05) is 5.33 Å². The molecule has 0 spiro atoms. The summed E-state index contributed by atoms with van der Waals surface area (Å²) in [6.07, 6.45) is 2.99. The van der Waals surface area contributed by atoms with Crippen molar-refractivity contribution in [1.82, 2.24) is 4.98 Å². The van der Waals surface area contributed by atoms with Gasteiger partial charge >= 0.3 is 0 Å². The first-order valence-electron chi connectivity index (χ1n) is 4.41. The standard InChI is InChI=1S/C11H9BrN2/c12-4-3-9-7-14-11-2-1-8(6-13)5-10(9)11/h1-2,5,7,14H,3-4H2. The number of fused-ring (bicyclic) bond motifs is 1. The first kappa shape index (κ1) is 9.29. The van der Waals surface area contributed by atoms with Crippen LogP contribution >= 0.6 is 15.9 Å². The lowest BCUT2D eigenvalue weighted by molar-refractivity contribution is 1.18. The zero-order chi connectivity index (χ0) is 9.97. The number of aromatic amines is 1. The number of alkyl halides is 1. The van der Waals surface area contributed by atoms with E-state index in [1.165, 1.54) is 5.56 Å². The number of hydrogen-bond acceptors (Lipinski definition) is 1. The fraction of sp³-hybridized carbons (Fsp3) is 0.182. The third-order valence-electron chi connectivity index (χ3n) is 2.26. The molecule has 0 fully saturated rings. The van der Waals surface area contributed by atoms with Crippen molar-refractivity contribution in [1.29, 1.82) is 5.26 Å². The fourth-order valence-electron chi connectivity index (χ4n) is 1.56. The normalized spacial score (nSPS) is 10.3. The summed E-state index contributed by atoms with van der Waals surface area (Å²) in [4.78, 5) is 3.19. The molecule has 1 heterocycles. The minimum Gasteiger partial charge on any atom is -0.361 e. The van der Waals surface area contributed by atoms with Gasteiger partial charge in [-0.15, -0.1) is 0 Å². The van der Waals surface area contributed by atoms with Crippen molar-refractivity contribution in [2.45, 2.75) is 6.42 Å². The number of nitrogens with one attached hydrogen (secondary N) is 1. The van der Waals surface area contributed by atoms with Gasteiger partial charge in [-0.25, -0.2) is 0 Å². The molecule has 0 saturated carbocycles. The van der Waals surface area contributed by atoms with Crippen LogP contribution in [0.5, 0.6) is 0 Å². The zero-order valence-electron chi connectivity index (χ0n) is 7.55. The summed E-state index contributed by atoms with van der Waals surface area (Å²) in [5.41, 5.74) is 3.07. The molecule has 0 unspecified atom stereocenters. The van der Waals surface area contributed by atoms with Gasteiger partial charge in [-0.1, -0.05) is 15.9 Å². The Kier molecular flexibility index (Phi) is 2.55. The van der Waals surface area contributed by atoms with Gasteiger partial charge in [0.2, 0.25) is 0 Å². The van der Waals surface area contributed by atoms with Crippen molar-refractivity contribution >= 4 is 26.8 Å². The van der Waals surface area contributed by atoms with Gasteiger partial charge in [0.1, 0.15) is 0 Å². The molecule has 0 aliphatic heterocycles. The number of nitriles is 1. The van der Waals surface area contributed by atoms with Crippen LogP contribution in [0, 0.1) is 11.3 Å². The minimum atomic E-state index is 0.716. The second-order valence-electron chi connectivity index (χ2n) is 3.13. The second kappa shape index (κ2) is 3.85. The van der Waals surface area contributed by atoms with Gasteiger partial charge < -0.3 is 4.98 Å². The molecular formula is C11H9BrN2. The van der Waals surface area contributed by atoms with E-state index >= 15 is 0 Å². The molecule has 2 rings (SSSR count). The number of rotatable bonds is 2. The van der Waals surface area contributed by atoms with Crippen molar-refractivity contribution in [3.63, 3.8) is 0 Å². The quantitative estimate of drug-likeness (QED) is 0.816. The van der Waals surface area contributed by atoms with Crippen molar-refractivity contribution in [3.8, 4) is 6.07 Å². The van der Waals surface area contributed by atoms with Crippen LogP contribution in [-0.4, -0.2) is 10.3 Å². The first-order chi connectivity index (χ1) is 6.85. The Bertz CT molecular complexity index is 493. The molecule has 2 nitrogen and oxygen atoms in total. The summed E-state index contributed by atoms with van der Waals surface area (Å²) in [6, 6.07) is 7.87. The van der Waals surface area contributed by atoms with E-state index in [0.717, 1.165) is 22.7 Å². The Morgan fingerprint density at radius 3 is 3.00 bits per heavy atom. The number of H-pyrrole nitrogens is 1. The summed E-state index contributed by atoms with van der Waals surface area (Å²) in [7, 11) is 0. The monoisotopic (exact) mass is 248 g/mol. The summed E-state index contributed by atoms with van der Waals surface area (Å²) in [5.74, 6) is 0. The maximum absolute atomic E-state index is 8.79. The van der Waals surface area contributed by atoms with Crippen LogP contribution in [0.25, 0.3) is 10.9 Å². The van der Waals surface area contributed by atoms with Gasteiger partial charge in [-0.05, 0) is 30.2 Å². The summed E-state index contributed by atoms with van der Waals surface area (Å²) >= 11 is 3.41. The van der Waals surface area contributed by atoms with E-state index in [0.29, 0.717) is 5.56 Å². The Hall–Kier alpha value is -1.27. The molecule has 14 heavy (non-hydrogen) atoms. The molecule has 1 aromatic heterocycles. The van der Waals surface area contributed by atoms with E-state index in [2.05, 4.69) is 27.0 Å². The van der Waals surface area contributed by atoms with Gasteiger partial charge in [-0.3, -0.25) is 0 Å². The van der Waals surface area contributed by atoms with Gasteiger partial charge in [-0.2, -0.15) is 5.26 Å². The van der Waals surface area contributed by atoms with Gasteiger partial charge in [0.15, 0.2) is 0 Å². The van der Waals surface area contributed by atoms with Gasteiger partial charge in [0.05, 0.1) is 11.6 Å². The SMILES string of the molecule is N#Cc1ccc2[nH]cc(CCBr)c2c1. The molecule has 0 saturated heterocycles. The number of aryl methyl sites for hydroxylation is 1. The Labute approximate surface area is 90.7 Å². The molecular weight excluding hydrogens is 240 g/mol. The van der Waals surface area contributed by atoms with Crippen LogP contribution in [0.3, 0.4) is 0 Å². The number of benzene rings is 1. The average Bonchev–Trinajstić information content (AvgIpc) is 2.61.